The van der Waals surface area contributed by atoms with Crippen LogP contribution in [0.1, 0.15) is 16.1 Å². The van der Waals surface area contributed by atoms with Crippen molar-refractivity contribution in [2.24, 2.45) is 0 Å². The van der Waals surface area contributed by atoms with Crippen LogP contribution in [-0.2, 0) is 13.2 Å². The molecule has 0 saturated carbocycles. The lowest BCUT2D eigenvalue weighted by Crippen LogP contribution is -2.48. The molecule has 2 aromatic heterocycles. The van der Waals surface area contributed by atoms with Crippen LogP contribution >= 0.6 is 0 Å². The maximum atomic E-state index is 13.0. The van der Waals surface area contributed by atoms with E-state index in [9.17, 15) is 9.18 Å². The molecule has 1 aliphatic rings. The van der Waals surface area contributed by atoms with Crippen LogP contribution < -0.4 is 0 Å². The van der Waals surface area contributed by atoms with Gasteiger partial charge in [0.15, 0.2) is 0 Å². The smallest absolute Gasteiger partial charge is 0.274 e. The summed E-state index contributed by atoms with van der Waals surface area (Å²) >= 11 is 0. The van der Waals surface area contributed by atoms with Gasteiger partial charge in [-0.05, 0) is 29.8 Å². The van der Waals surface area contributed by atoms with Crippen molar-refractivity contribution >= 4 is 5.91 Å². The summed E-state index contributed by atoms with van der Waals surface area (Å²) in [7, 11) is 0. The number of carbonyl (C=O) groups is 1. The fourth-order valence-corrected chi connectivity index (χ4v) is 3.21. The van der Waals surface area contributed by atoms with Gasteiger partial charge < -0.3 is 4.90 Å². The molecule has 0 aliphatic carbocycles. The van der Waals surface area contributed by atoms with Crippen molar-refractivity contribution in [1.29, 1.82) is 0 Å². The number of hydrogen-bond acceptors (Lipinski definition) is 4. The van der Waals surface area contributed by atoms with E-state index < -0.39 is 0 Å². The van der Waals surface area contributed by atoms with Crippen LogP contribution in [0.25, 0.3) is 0 Å². The lowest BCUT2D eigenvalue weighted by Gasteiger charge is -2.34. The molecule has 3 aromatic rings. The molecule has 1 aromatic carbocycles. The van der Waals surface area contributed by atoms with E-state index in [0.29, 0.717) is 25.5 Å². The van der Waals surface area contributed by atoms with Gasteiger partial charge in [0.2, 0.25) is 0 Å². The van der Waals surface area contributed by atoms with E-state index in [-0.39, 0.29) is 11.7 Å². The Bertz CT molecular complexity index is 881. The third-order valence-corrected chi connectivity index (χ3v) is 4.69. The number of nitrogens with zero attached hydrogens (tertiary/aromatic N) is 6. The van der Waals surface area contributed by atoms with E-state index in [1.807, 2.05) is 17.2 Å². The quantitative estimate of drug-likeness (QED) is 0.688. The number of benzene rings is 1. The summed E-state index contributed by atoms with van der Waals surface area (Å²) in [5.74, 6) is -0.267. The summed E-state index contributed by atoms with van der Waals surface area (Å²) in [6, 6.07) is 10.2. The topological polar surface area (TPSA) is 59.2 Å². The molecule has 0 atom stereocenters. The minimum atomic E-state index is -0.221. The van der Waals surface area contributed by atoms with Crippen molar-refractivity contribution in [3.63, 3.8) is 0 Å². The van der Waals surface area contributed by atoms with E-state index >= 15 is 0 Å². The third kappa shape index (κ3) is 4.22. The highest BCUT2D eigenvalue weighted by Crippen LogP contribution is 2.11. The van der Waals surface area contributed by atoms with Crippen LogP contribution in [0.3, 0.4) is 0 Å². The number of carbonyl (C=O) groups excluding carboxylic acids is 1. The van der Waals surface area contributed by atoms with Crippen LogP contribution in [-0.4, -0.2) is 61.4 Å². The van der Waals surface area contributed by atoms with Gasteiger partial charge in [-0.25, -0.2) is 4.39 Å². The van der Waals surface area contributed by atoms with Gasteiger partial charge in [-0.15, -0.1) is 0 Å². The fourth-order valence-electron chi connectivity index (χ4n) is 3.21. The highest BCUT2D eigenvalue weighted by molar-refractivity contribution is 5.92. The summed E-state index contributed by atoms with van der Waals surface area (Å²) in [6.45, 7) is 4.14. The first kappa shape index (κ1) is 17.4. The Morgan fingerprint density at radius 3 is 2.48 bits per heavy atom. The maximum Gasteiger partial charge on any atom is 0.274 e. The zero-order valence-electron chi connectivity index (χ0n) is 14.9. The number of amides is 1. The Morgan fingerprint density at radius 2 is 1.78 bits per heavy atom. The molecule has 140 valence electrons. The Morgan fingerprint density at radius 1 is 1.00 bits per heavy atom. The molecular formula is C19H21FN6O. The molecule has 1 aliphatic heterocycles. The molecule has 1 amide bonds. The van der Waals surface area contributed by atoms with Crippen molar-refractivity contribution in [3.8, 4) is 0 Å². The van der Waals surface area contributed by atoms with Crippen LogP contribution in [0, 0.1) is 5.82 Å². The van der Waals surface area contributed by atoms with Gasteiger partial charge in [-0.1, -0.05) is 12.1 Å². The van der Waals surface area contributed by atoms with Crippen LogP contribution in [0.5, 0.6) is 0 Å². The third-order valence-electron chi connectivity index (χ3n) is 4.69. The molecule has 0 spiro atoms. The van der Waals surface area contributed by atoms with E-state index in [4.69, 9.17) is 0 Å². The van der Waals surface area contributed by atoms with Gasteiger partial charge in [0.05, 0.1) is 0 Å². The molecule has 8 heteroatoms. The minimum absolute atomic E-state index is 0.0457. The highest BCUT2D eigenvalue weighted by Gasteiger charge is 2.23. The first-order valence-electron chi connectivity index (χ1n) is 8.94. The molecule has 0 radical (unpaired) electrons. The van der Waals surface area contributed by atoms with Gasteiger partial charge >= 0.3 is 0 Å². The zero-order valence-corrected chi connectivity index (χ0v) is 14.9. The number of hydrogen-bond donors (Lipinski definition) is 0. The van der Waals surface area contributed by atoms with Crippen molar-refractivity contribution < 1.29 is 9.18 Å². The van der Waals surface area contributed by atoms with Crippen LogP contribution in [0.15, 0.2) is 55.0 Å². The fraction of sp³-hybridized carbons (Fsp3) is 0.316. The predicted octanol–water partition coefficient (Wildman–Crippen LogP) is 1.68. The molecule has 1 saturated heterocycles. The molecule has 0 N–H and O–H groups in total. The van der Waals surface area contributed by atoms with E-state index in [1.165, 1.54) is 12.1 Å². The molecule has 1 fully saturated rings. The van der Waals surface area contributed by atoms with Gasteiger partial charge in [0, 0.05) is 51.3 Å². The normalized spacial score (nSPS) is 15.2. The summed E-state index contributed by atoms with van der Waals surface area (Å²) in [6.07, 6.45) is 5.35. The number of piperazine rings is 1. The van der Waals surface area contributed by atoms with E-state index in [1.54, 1.807) is 40.0 Å². The molecule has 27 heavy (non-hydrogen) atoms. The molecule has 7 nitrogen and oxygen atoms in total. The zero-order chi connectivity index (χ0) is 18.6. The van der Waals surface area contributed by atoms with Crippen molar-refractivity contribution in [2.75, 3.05) is 26.2 Å². The Balaban J connectivity index is 1.30. The monoisotopic (exact) mass is 368 g/mol. The number of halogens is 1. The van der Waals surface area contributed by atoms with Crippen molar-refractivity contribution in [1.82, 2.24) is 29.4 Å². The summed E-state index contributed by atoms with van der Waals surface area (Å²) in [4.78, 5) is 16.8. The summed E-state index contributed by atoms with van der Waals surface area (Å²) in [5, 5.41) is 8.51. The Labute approximate surface area is 156 Å². The lowest BCUT2D eigenvalue weighted by molar-refractivity contribution is 0.0621. The number of rotatable bonds is 5. The van der Waals surface area contributed by atoms with Crippen LogP contribution in [0.2, 0.25) is 0 Å². The van der Waals surface area contributed by atoms with Crippen molar-refractivity contribution in [3.05, 3.63) is 72.1 Å². The number of aromatic nitrogens is 4. The molecule has 0 unspecified atom stereocenters. The maximum absolute atomic E-state index is 13.0. The Hall–Kier alpha value is -3.00. The second-order valence-electron chi connectivity index (χ2n) is 6.62. The second kappa shape index (κ2) is 7.71. The Kier molecular flexibility index (Phi) is 4.97. The van der Waals surface area contributed by atoms with E-state index in [0.717, 1.165) is 25.2 Å². The largest absolute Gasteiger partial charge is 0.335 e. The second-order valence-corrected chi connectivity index (χ2v) is 6.62. The minimum Gasteiger partial charge on any atom is -0.335 e. The van der Waals surface area contributed by atoms with Crippen LogP contribution in [0.4, 0.5) is 4.39 Å². The lowest BCUT2D eigenvalue weighted by atomic mass is 10.2. The molecule has 4 rings (SSSR count). The average molecular weight is 368 g/mol. The molecule has 3 heterocycles. The van der Waals surface area contributed by atoms with Crippen molar-refractivity contribution in [2.45, 2.75) is 13.2 Å². The van der Waals surface area contributed by atoms with Gasteiger partial charge in [-0.2, -0.15) is 10.2 Å². The standard InChI is InChI=1S/C19H21FN6O/c20-17-4-2-16(3-5-17)14-23-10-12-24(13-11-23)19(27)18-6-9-26(22-18)15-25-8-1-7-21-25/h1-9H,10-15H2. The first-order chi connectivity index (χ1) is 13.2. The molecular weight excluding hydrogens is 347 g/mol. The SMILES string of the molecule is O=C(c1ccn(Cn2cccn2)n1)N1CCN(Cc2ccc(F)cc2)CC1. The first-order valence-corrected chi connectivity index (χ1v) is 8.94. The van der Waals surface area contributed by atoms with Gasteiger partial charge in [-0.3, -0.25) is 19.1 Å². The van der Waals surface area contributed by atoms with Gasteiger partial charge in [0.25, 0.3) is 5.91 Å². The highest BCUT2D eigenvalue weighted by atomic mass is 19.1. The molecule has 0 bridgehead atoms. The average Bonchev–Trinajstić information content (AvgIpc) is 3.36. The van der Waals surface area contributed by atoms with E-state index in [2.05, 4.69) is 15.1 Å². The predicted molar refractivity (Wildman–Crippen MR) is 97.4 cm³/mol. The summed E-state index contributed by atoms with van der Waals surface area (Å²) in [5.41, 5.74) is 1.53. The summed E-state index contributed by atoms with van der Waals surface area (Å²) < 4.78 is 16.4. The van der Waals surface area contributed by atoms with Gasteiger partial charge in [0.1, 0.15) is 18.2 Å².